The van der Waals surface area contributed by atoms with Gasteiger partial charge in [-0.2, -0.15) is 0 Å². The second-order valence-corrected chi connectivity index (χ2v) is 4.72. The van der Waals surface area contributed by atoms with Gasteiger partial charge in [0.2, 0.25) is 5.52 Å². The summed E-state index contributed by atoms with van der Waals surface area (Å²) in [4.78, 5) is 23.0. The highest BCUT2D eigenvalue weighted by molar-refractivity contribution is 5.95. The van der Waals surface area contributed by atoms with Crippen LogP contribution in [0.4, 0.5) is 11.4 Å². The summed E-state index contributed by atoms with van der Waals surface area (Å²) < 4.78 is 4.54. The van der Waals surface area contributed by atoms with Crippen LogP contribution in [0.2, 0.25) is 0 Å². The molecular weight excluding hydrogens is 284 g/mol. The van der Waals surface area contributed by atoms with Gasteiger partial charge >= 0.3 is 11.7 Å². The second-order valence-electron chi connectivity index (χ2n) is 4.72. The van der Waals surface area contributed by atoms with E-state index in [1.807, 2.05) is 0 Å². The monoisotopic (exact) mass is 294 g/mol. The van der Waals surface area contributed by atoms with Crippen molar-refractivity contribution in [3.05, 3.63) is 22.2 Å². The predicted octanol–water partition coefficient (Wildman–Crippen LogP) is 0.155. The molecule has 0 amide bonds. The highest BCUT2D eigenvalue weighted by atomic mass is 16.6. The molecule has 21 heavy (non-hydrogen) atoms. The Hall–Kier alpha value is -2.75. The zero-order valence-electron chi connectivity index (χ0n) is 10.5. The largest absolute Gasteiger partial charge is 0.480 e. The van der Waals surface area contributed by atoms with E-state index in [9.17, 15) is 25.1 Å². The van der Waals surface area contributed by atoms with Gasteiger partial charge in [-0.25, -0.2) is 9.42 Å². The number of β-amino-alcohol motifs (C(OH)–C–C–N with tert-alkyl or cyclic N) is 1. The minimum Gasteiger partial charge on any atom is -0.480 e. The average Bonchev–Trinajstić information content (AvgIpc) is 3.03. The zero-order chi connectivity index (χ0) is 15.1. The number of nitro benzene ring substituents is 1. The molecule has 1 aliphatic rings. The number of fused-ring (bicyclic) bond motifs is 1. The van der Waals surface area contributed by atoms with Crippen LogP contribution in [0.1, 0.15) is 6.42 Å². The van der Waals surface area contributed by atoms with E-state index in [1.165, 1.54) is 17.0 Å². The molecule has 2 atom stereocenters. The molecule has 1 aliphatic heterocycles. The van der Waals surface area contributed by atoms with Gasteiger partial charge in [0, 0.05) is 19.0 Å². The Morgan fingerprint density at radius 3 is 2.81 bits per heavy atom. The SMILES string of the molecule is O=C(O)C1CC(O)CN1c1ccc([N+](=O)[O-])c2nonc12. The lowest BCUT2D eigenvalue weighted by Gasteiger charge is -2.23. The van der Waals surface area contributed by atoms with E-state index in [4.69, 9.17) is 0 Å². The molecule has 1 fully saturated rings. The number of aliphatic hydroxyl groups is 1. The lowest BCUT2D eigenvalue weighted by atomic mass is 10.1. The molecule has 1 saturated heterocycles. The summed E-state index contributed by atoms with van der Waals surface area (Å²) in [5.74, 6) is -1.09. The molecular formula is C11H10N4O6. The molecule has 0 radical (unpaired) electrons. The maximum atomic E-state index is 11.3. The van der Waals surface area contributed by atoms with Crippen LogP contribution in [0.15, 0.2) is 16.8 Å². The fourth-order valence-corrected chi connectivity index (χ4v) is 2.53. The summed E-state index contributed by atoms with van der Waals surface area (Å²) in [6.45, 7) is 0.0940. The molecule has 2 N–H and O–H groups in total. The fraction of sp³-hybridized carbons (Fsp3) is 0.364. The number of carbonyl (C=O) groups is 1. The molecule has 2 heterocycles. The summed E-state index contributed by atoms with van der Waals surface area (Å²) in [6.07, 6.45) is -0.727. The van der Waals surface area contributed by atoms with Crippen molar-refractivity contribution in [3.63, 3.8) is 0 Å². The van der Waals surface area contributed by atoms with Gasteiger partial charge in [0.1, 0.15) is 6.04 Å². The smallest absolute Gasteiger partial charge is 0.326 e. The highest BCUT2D eigenvalue weighted by Gasteiger charge is 2.38. The van der Waals surface area contributed by atoms with Gasteiger partial charge in [-0.05, 0) is 16.4 Å². The highest BCUT2D eigenvalue weighted by Crippen LogP contribution is 2.34. The van der Waals surface area contributed by atoms with Gasteiger partial charge < -0.3 is 15.1 Å². The number of benzene rings is 1. The number of hydrogen-bond acceptors (Lipinski definition) is 8. The van der Waals surface area contributed by atoms with E-state index in [1.54, 1.807) is 0 Å². The first-order valence-corrected chi connectivity index (χ1v) is 6.06. The summed E-state index contributed by atoms with van der Waals surface area (Å²) in [5.41, 5.74) is 0.106. The van der Waals surface area contributed by atoms with E-state index in [0.717, 1.165) is 0 Å². The molecule has 110 valence electrons. The molecule has 0 spiro atoms. The van der Waals surface area contributed by atoms with Crippen molar-refractivity contribution in [1.29, 1.82) is 0 Å². The van der Waals surface area contributed by atoms with E-state index >= 15 is 0 Å². The number of aliphatic carboxylic acids is 1. The maximum absolute atomic E-state index is 11.3. The average molecular weight is 294 g/mol. The number of nitrogens with zero attached hydrogens (tertiary/aromatic N) is 4. The standard InChI is InChI=1S/C11H10N4O6/c16-5-3-8(11(17)18)14(4-5)6-1-2-7(15(19)20)10-9(6)12-21-13-10/h1-2,5,8,16H,3-4H2,(H,17,18). The van der Waals surface area contributed by atoms with Crippen molar-refractivity contribution in [2.75, 3.05) is 11.4 Å². The van der Waals surface area contributed by atoms with Crippen LogP contribution in [0.3, 0.4) is 0 Å². The number of anilines is 1. The number of carboxylic acid groups (broad SMARTS) is 1. The quantitative estimate of drug-likeness (QED) is 0.597. The summed E-state index contributed by atoms with van der Waals surface area (Å²) in [6, 6.07) is 1.67. The lowest BCUT2D eigenvalue weighted by molar-refractivity contribution is -0.383. The molecule has 1 aromatic carbocycles. The number of nitro groups is 1. The Kier molecular flexibility index (Phi) is 2.94. The van der Waals surface area contributed by atoms with Gasteiger partial charge in [0.25, 0.3) is 0 Å². The second kappa shape index (κ2) is 4.66. The molecule has 0 saturated carbocycles. The minimum atomic E-state index is -1.09. The van der Waals surface area contributed by atoms with Gasteiger partial charge in [-0.1, -0.05) is 0 Å². The lowest BCUT2D eigenvalue weighted by Crippen LogP contribution is -2.36. The number of rotatable bonds is 3. The normalized spacial score (nSPS) is 21.9. The number of aromatic nitrogens is 2. The van der Waals surface area contributed by atoms with Crippen molar-refractivity contribution >= 4 is 28.4 Å². The van der Waals surface area contributed by atoms with E-state index in [2.05, 4.69) is 14.9 Å². The zero-order valence-corrected chi connectivity index (χ0v) is 10.5. The Bertz CT molecular complexity index is 729. The first-order chi connectivity index (χ1) is 9.99. The van der Waals surface area contributed by atoms with Crippen molar-refractivity contribution in [2.45, 2.75) is 18.6 Å². The summed E-state index contributed by atoms with van der Waals surface area (Å²) in [5, 5.41) is 36.9. The molecule has 1 aromatic heterocycles. The van der Waals surface area contributed by atoms with E-state index in [0.29, 0.717) is 5.69 Å². The Labute approximate surface area is 116 Å². The van der Waals surface area contributed by atoms with Crippen molar-refractivity contribution in [2.24, 2.45) is 0 Å². The van der Waals surface area contributed by atoms with Gasteiger partial charge in [-0.15, -0.1) is 0 Å². The number of carboxylic acids is 1. The van der Waals surface area contributed by atoms with Crippen LogP contribution >= 0.6 is 0 Å². The molecule has 2 aromatic rings. The Morgan fingerprint density at radius 2 is 2.14 bits per heavy atom. The molecule has 3 rings (SSSR count). The molecule has 10 heteroatoms. The summed E-state index contributed by atoms with van der Waals surface area (Å²) >= 11 is 0. The third kappa shape index (κ3) is 2.05. The van der Waals surface area contributed by atoms with Crippen LogP contribution in [-0.2, 0) is 4.79 Å². The van der Waals surface area contributed by atoms with Gasteiger partial charge in [0.05, 0.1) is 16.7 Å². The third-order valence-electron chi connectivity index (χ3n) is 3.44. The molecule has 0 aliphatic carbocycles. The first kappa shape index (κ1) is 13.2. The van der Waals surface area contributed by atoms with Gasteiger partial charge in [0.15, 0.2) is 5.52 Å². The Balaban J connectivity index is 2.13. The number of non-ortho nitro benzene ring substituents is 1. The number of aliphatic hydroxyl groups excluding tert-OH is 1. The topological polar surface area (TPSA) is 143 Å². The van der Waals surface area contributed by atoms with Crippen LogP contribution in [0.5, 0.6) is 0 Å². The molecule has 0 bridgehead atoms. The van der Waals surface area contributed by atoms with Crippen LogP contribution in [0.25, 0.3) is 11.0 Å². The van der Waals surface area contributed by atoms with Gasteiger partial charge in [-0.3, -0.25) is 10.1 Å². The van der Waals surface area contributed by atoms with Crippen LogP contribution in [-0.4, -0.2) is 50.1 Å². The summed E-state index contributed by atoms with van der Waals surface area (Å²) in [7, 11) is 0. The number of hydrogen-bond donors (Lipinski definition) is 2. The third-order valence-corrected chi connectivity index (χ3v) is 3.44. The van der Waals surface area contributed by atoms with Crippen LogP contribution in [0, 0.1) is 10.1 Å². The van der Waals surface area contributed by atoms with E-state index in [-0.39, 0.29) is 29.7 Å². The maximum Gasteiger partial charge on any atom is 0.326 e. The van der Waals surface area contributed by atoms with Crippen LogP contribution < -0.4 is 4.90 Å². The fourth-order valence-electron chi connectivity index (χ4n) is 2.53. The first-order valence-electron chi connectivity index (χ1n) is 6.06. The Morgan fingerprint density at radius 1 is 1.43 bits per heavy atom. The van der Waals surface area contributed by atoms with Crippen molar-refractivity contribution in [3.8, 4) is 0 Å². The predicted molar refractivity (Wildman–Crippen MR) is 67.9 cm³/mol. The van der Waals surface area contributed by atoms with Crippen molar-refractivity contribution < 1.29 is 24.6 Å². The molecule has 10 nitrogen and oxygen atoms in total. The molecule has 2 unspecified atom stereocenters. The van der Waals surface area contributed by atoms with Crippen molar-refractivity contribution in [1.82, 2.24) is 10.3 Å². The van der Waals surface area contributed by atoms with E-state index < -0.39 is 23.0 Å². The minimum absolute atomic E-state index is 0.0528.